The van der Waals surface area contributed by atoms with Crippen LogP contribution in [0.5, 0.6) is 0 Å². The Kier molecular flexibility index (Phi) is 2.04. The maximum absolute atomic E-state index is 11.0. The van der Waals surface area contributed by atoms with Gasteiger partial charge in [-0.05, 0) is 25.0 Å². The lowest BCUT2D eigenvalue weighted by Crippen LogP contribution is -2.24. The monoisotopic (exact) mass is 193 g/mol. The highest BCUT2D eigenvalue weighted by Crippen LogP contribution is 2.37. The van der Waals surface area contributed by atoms with Gasteiger partial charge in [-0.2, -0.15) is 0 Å². The van der Waals surface area contributed by atoms with Gasteiger partial charge in [-0.15, -0.1) is 11.8 Å². The minimum atomic E-state index is -0.209. The molecule has 1 heterocycles. The molecule has 1 atom stereocenters. The number of nitrogens with two attached hydrogens (primary N) is 1. The number of fused-ring (bicyclic) bond motifs is 1. The Bertz CT molecular complexity index is 362. The van der Waals surface area contributed by atoms with Crippen LogP contribution in [0.25, 0.3) is 0 Å². The zero-order valence-corrected chi connectivity index (χ0v) is 8.23. The summed E-state index contributed by atoms with van der Waals surface area (Å²) < 4.78 is 0. The van der Waals surface area contributed by atoms with Crippen LogP contribution >= 0.6 is 11.8 Å². The fourth-order valence-electron chi connectivity index (χ4n) is 1.49. The number of aryl methyl sites for hydroxylation is 1. The Hall–Kier alpha value is -0.960. The first kappa shape index (κ1) is 8.63. The van der Waals surface area contributed by atoms with E-state index < -0.39 is 0 Å². The molecular weight excluding hydrogens is 182 g/mol. The standard InChI is InChI=1S/C10H11NOS/c1-6-2-3-7-5-9(10(11)12)13-8(7)4-6/h2-4,9H,5H2,1H3,(H2,11,12). The summed E-state index contributed by atoms with van der Waals surface area (Å²) in [6.07, 6.45) is 0.787. The molecular formula is C10H11NOS. The van der Waals surface area contributed by atoms with Crippen molar-refractivity contribution in [2.45, 2.75) is 23.5 Å². The smallest absolute Gasteiger partial charge is 0.231 e. The van der Waals surface area contributed by atoms with Crippen molar-refractivity contribution in [1.29, 1.82) is 0 Å². The Balaban J connectivity index is 2.30. The number of benzene rings is 1. The average Bonchev–Trinajstić information content (AvgIpc) is 2.46. The number of carbonyl (C=O) groups excluding carboxylic acids is 1. The van der Waals surface area contributed by atoms with Crippen molar-refractivity contribution < 1.29 is 4.79 Å². The molecule has 1 aliphatic rings. The molecule has 1 aromatic carbocycles. The fourth-order valence-corrected chi connectivity index (χ4v) is 2.74. The topological polar surface area (TPSA) is 43.1 Å². The van der Waals surface area contributed by atoms with E-state index in [1.165, 1.54) is 16.0 Å². The predicted molar refractivity (Wildman–Crippen MR) is 53.7 cm³/mol. The van der Waals surface area contributed by atoms with Gasteiger partial charge in [0.1, 0.15) is 0 Å². The summed E-state index contributed by atoms with van der Waals surface area (Å²) in [5, 5.41) is -0.0585. The number of thioether (sulfide) groups is 1. The van der Waals surface area contributed by atoms with E-state index in [0.717, 1.165) is 6.42 Å². The molecule has 0 spiro atoms. The van der Waals surface area contributed by atoms with Crippen molar-refractivity contribution >= 4 is 17.7 Å². The van der Waals surface area contributed by atoms with E-state index in [4.69, 9.17) is 5.73 Å². The summed E-state index contributed by atoms with van der Waals surface area (Å²) in [5.74, 6) is -0.209. The first-order chi connectivity index (χ1) is 6.16. The van der Waals surface area contributed by atoms with E-state index in [1.54, 1.807) is 11.8 Å². The van der Waals surface area contributed by atoms with Gasteiger partial charge in [0.25, 0.3) is 0 Å². The van der Waals surface area contributed by atoms with Gasteiger partial charge >= 0.3 is 0 Å². The van der Waals surface area contributed by atoms with Gasteiger partial charge in [0, 0.05) is 4.90 Å². The van der Waals surface area contributed by atoms with E-state index in [2.05, 4.69) is 25.1 Å². The molecule has 2 N–H and O–H groups in total. The number of hydrogen-bond acceptors (Lipinski definition) is 2. The molecule has 0 saturated carbocycles. The molecule has 1 aliphatic heterocycles. The van der Waals surface area contributed by atoms with E-state index in [0.29, 0.717) is 0 Å². The molecule has 0 aliphatic carbocycles. The zero-order valence-electron chi connectivity index (χ0n) is 7.41. The molecule has 0 saturated heterocycles. The van der Waals surface area contributed by atoms with E-state index in [1.807, 2.05) is 0 Å². The lowest BCUT2D eigenvalue weighted by Gasteiger charge is -1.99. The van der Waals surface area contributed by atoms with Gasteiger partial charge < -0.3 is 5.73 Å². The third-order valence-electron chi connectivity index (χ3n) is 2.21. The molecule has 0 bridgehead atoms. The summed E-state index contributed by atoms with van der Waals surface area (Å²) in [4.78, 5) is 12.2. The normalized spacial score (nSPS) is 19.9. The molecule has 0 radical (unpaired) electrons. The first-order valence-electron chi connectivity index (χ1n) is 4.22. The van der Waals surface area contributed by atoms with E-state index in [-0.39, 0.29) is 11.2 Å². The van der Waals surface area contributed by atoms with Crippen molar-refractivity contribution in [3.05, 3.63) is 29.3 Å². The third kappa shape index (κ3) is 1.56. The summed E-state index contributed by atoms with van der Waals surface area (Å²) in [6, 6.07) is 6.27. The van der Waals surface area contributed by atoms with Crippen LogP contribution in [-0.4, -0.2) is 11.2 Å². The van der Waals surface area contributed by atoms with Crippen LogP contribution in [0, 0.1) is 6.92 Å². The van der Waals surface area contributed by atoms with Crippen molar-refractivity contribution in [1.82, 2.24) is 0 Å². The van der Waals surface area contributed by atoms with Crippen LogP contribution in [0.15, 0.2) is 23.1 Å². The Morgan fingerprint density at radius 1 is 1.62 bits per heavy atom. The minimum Gasteiger partial charge on any atom is -0.369 e. The Labute approximate surface area is 81.5 Å². The van der Waals surface area contributed by atoms with Gasteiger partial charge in [-0.1, -0.05) is 17.7 Å². The molecule has 0 fully saturated rings. The van der Waals surface area contributed by atoms with E-state index >= 15 is 0 Å². The largest absolute Gasteiger partial charge is 0.369 e. The maximum atomic E-state index is 11.0. The van der Waals surface area contributed by atoms with Gasteiger partial charge in [0.15, 0.2) is 0 Å². The second kappa shape index (κ2) is 3.07. The molecule has 1 aromatic rings. The molecule has 13 heavy (non-hydrogen) atoms. The van der Waals surface area contributed by atoms with Gasteiger partial charge in [0.2, 0.25) is 5.91 Å². The average molecular weight is 193 g/mol. The summed E-state index contributed by atoms with van der Waals surface area (Å²) in [7, 11) is 0. The predicted octanol–water partition coefficient (Wildman–Crippen LogP) is 1.50. The van der Waals surface area contributed by atoms with Crippen molar-refractivity contribution in [3.8, 4) is 0 Å². The number of carbonyl (C=O) groups is 1. The first-order valence-corrected chi connectivity index (χ1v) is 5.10. The van der Waals surface area contributed by atoms with Gasteiger partial charge in [0.05, 0.1) is 5.25 Å². The summed E-state index contributed by atoms with van der Waals surface area (Å²) >= 11 is 1.58. The van der Waals surface area contributed by atoms with Crippen LogP contribution < -0.4 is 5.73 Å². The van der Waals surface area contributed by atoms with Gasteiger partial charge in [-0.3, -0.25) is 4.79 Å². The molecule has 1 unspecified atom stereocenters. The molecule has 68 valence electrons. The van der Waals surface area contributed by atoms with Crippen molar-refractivity contribution in [3.63, 3.8) is 0 Å². The quantitative estimate of drug-likeness (QED) is 0.734. The van der Waals surface area contributed by atoms with Gasteiger partial charge in [-0.25, -0.2) is 0 Å². The minimum absolute atomic E-state index is 0.0585. The molecule has 2 nitrogen and oxygen atoms in total. The highest BCUT2D eigenvalue weighted by atomic mass is 32.2. The molecule has 2 rings (SSSR count). The molecule has 0 aromatic heterocycles. The van der Waals surface area contributed by atoms with Crippen LogP contribution in [0.4, 0.5) is 0 Å². The highest BCUT2D eigenvalue weighted by molar-refractivity contribution is 8.01. The van der Waals surface area contributed by atoms with Crippen molar-refractivity contribution in [2.24, 2.45) is 5.73 Å². The van der Waals surface area contributed by atoms with Crippen LogP contribution in [0.2, 0.25) is 0 Å². The second-order valence-corrected chi connectivity index (χ2v) is 4.57. The zero-order chi connectivity index (χ0) is 9.42. The number of rotatable bonds is 1. The SMILES string of the molecule is Cc1ccc2c(c1)SC(C(N)=O)C2. The highest BCUT2D eigenvalue weighted by Gasteiger charge is 2.26. The lowest BCUT2D eigenvalue weighted by atomic mass is 10.1. The van der Waals surface area contributed by atoms with E-state index in [9.17, 15) is 4.79 Å². The molecule has 1 amide bonds. The number of amides is 1. The van der Waals surface area contributed by atoms with Crippen LogP contribution in [0.3, 0.4) is 0 Å². The number of primary amides is 1. The third-order valence-corrected chi connectivity index (χ3v) is 3.53. The van der Waals surface area contributed by atoms with Crippen molar-refractivity contribution in [2.75, 3.05) is 0 Å². The summed E-state index contributed by atoms with van der Waals surface area (Å²) in [6.45, 7) is 2.05. The Morgan fingerprint density at radius 2 is 2.38 bits per heavy atom. The second-order valence-electron chi connectivity index (χ2n) is 3.32. The maximum Gasteiger partial charge on any atom is 0.231 e. The lowest BCUT2D eigenvalue weighted by molar-refractivity contribution is -0.117. The fraction of sp³-hybridized carbons (Fsp3) is 0.300. The van der Waals surface area contributed by atoms with Crippen LogP contribution in [-0.2, 0) is 11.2 Å². The van der Waals surface area contributed by atoms with Crippen LogP contribution in [0.1, 0.15) is 11.1 Å². The Morgan fingerprint density at radius 3 is 3.08 bits per heavy atom. The summed E-state index contributed by atoms with van der Waals surface area (Å²) in [5.41, 5.74) is 7.74. The number of hydrogen-bond donors (Lipinski definition) is 1. The molecule has 3 heteroatoms.